The van der Waals surface area contributed by atoms with Gasteiger partial charge in [0.1, 0.15) is 0 Å². The standard InChI is InChI=1S/C24H30N6S/c1-17(2)15-30(19-8-4-3-5-9-19)23-13-12-18(14-22(23)27-16-31)20-10-6-7-11-21(20)24(25)28-29-26/h6-7,10-14,17,19H,3-5,8-9,15H2,1-2H3,(H3,25,26,28). The van der Waals surface area contributed by atoms with Crippen LogP contribution in [0, 0.1) is 11.3 Å². The lowest BCUT2D eigenvalue weighted by Gasteiger charge is -2.38. The van der Waals surface area contributed by atoms with Gasteiger partial charge in [0.15, 0.2) is 5.84 Å². The summed E-state index contributed by atoms with van der Waals surface area (Å²) in [5, 5.41) is 17.7. The number of nitrogens with one attached hydrogen (secondary N) is 1. The average molecular weight is 435 g/mol. The van der Waals surface area contributed by atoms with E-state index in [2.05, 4.69) is 51.4 Å². The highest BCUT2D eigenvalue weighted by Crippen LogP contribution is 2.38. The molecule has 6 nitrogen and oxygen atoms in total. The van der Waals surface area contributed by atoms with Gasteiger partial charge in [-0.2, -0.15) is 4.99 Å². The molecule has 0 unspecified atom stereocenters. The number of hydrogen-bond acceptors (Lipinski definition) is 5. The average Bonchev–Trinajstić information content (AvgIpc) is 2.78. The van der Waals surface area contributed by atoms with Crippen molar-refractivity contribution in [1.29, 1.82) is 5.41 Å². The Kier molecular flexibility index (Phi) is 8.04. The second-order valence-electron chi connectivity index (χ2n) is 8.35. The third-order valence-electron chi connectivity index (χ3n) is 5.68. The predicted molar refractivity (Wildman–Crippen MR) is 131 cm³/mol. The second-order valence-corrected chi connectivity index (χ2v) is 8.54. The maximum absolute atomic E-state index is 8.17. The molecule has 0 aromatic heterocycles. The Morgan fingerprint density at radius 3 is 2.61 bits per heavy atom. The van der Waals surface area contributed by atoms with E-state index in [1.807, 2.05) is 30.3 Å². The summed E-state index contributed by atoms with van der Waals surface area (Å²) in [6, 6.07) is 14.4. The summed E-state index contributed by atoms with van der Waals surface area (Å²) in [5.74, 6) is 5.72. The molecule has 0 radical (unpaired) electrons. The van der Waals surface area contributed by atoms with Crippen molar-refractivity contribution in [2.24, 2.45) is 27.1 Å². The first-order valence-corrected chi connectivity index (χ1v) is 11.2. The zero-order chi connectivity index (χ0) is 22.2. The molecule has 162 valence electrons. The molecule has 3 rings (SSSR count). The van der Waals surface area contributed by atoms with Crippen LogP contribution in [0.15, 0.2) is 57.8 Å². The van der Waals surface area contributed by atoms with Gasteiger partial charge in [-0.05, 0) is 54.2 Å². The van der Waals surface area contributed by atoms with E-state index in [0.29, 0.717) is 17.5 Å². The number of isothiocyanates is 1. The summed E-state index contributed by atoms with van der Waals surface area (Å²) in [6.07, 6.45) is 6.28. The van der Waals surface area contributed by atoms with E-state index < -0.39 is 0 Å². The Morgan fingerprint density at radius 2 is 1.94 bits per heavy atom. The highest BCUT2D eigenvalue weighted by atomic mass is 32.1. The summed E-state index contributed by atoms with van der Waals surface area (Å²) >= 11 is 4.98. The van der Waals surface area contributed by atoms with Crippen LogP contribution in [0.4, 0.5) is 11.4 Å². The van der Waals surface area contributed by atoms with E-state index in [1.54, 1.807) is 0 Å². The van der Waals surface area contributed by atoms with Crippen LogP contribution in [0.5, 0.6) is 0 Å². The molecule has 0 bridgehead atoms. The number of amidine groups is 1. The minimum absolute atomic E-state index is 0.0192. The lowest BCUT2D eigenvalue weighted by molar-refractivity contribution is 0.401. The first-order valence-electron chi connectivity index (χ1n) is 10.8. The maximum atomic E-state index is 8.17. The largest absolute Gasteiger partial charge is 0.367 e. The van der Waals surface area contributed by atoms with Crippen molar-refractivity contribution in [2.45, 2.75) is 52.0 Å². The zero-order valence-electron chi connectivity index (χ0n) is 18.2. The molecule has 2 aromatic carbocycles. The fraction of sp³-hybridized carbons (Fsp3) is 0.417. The molecule has 0 saturated heterocycles. The normalized spacial score (nSPS) is 14.5. The quantitative estimate of drug-likeness (QED) is 0.129. The Balaban J connectivity index is 2.07. The number of hydrogen-bond donors (Lipinski definition) is 2. The minimum atomic E-state index is 0.0192. The molecule has 0 atom stereocenters. The monoisotopic (exact) mass is 434 g/mol. The lowest BCUT2D eigenvalue weighted by Crippen LogP contribution is -2.39. The molecule has 1 fully saturated rings. The number of nitrogens with two attached hydrogens (primary N) is 1. The van der Waals surface area contributed by atoms with E-state index in [0.717, 1.165) is 29.0 Å². The van der Waals surface area contributed by atoms with Crippen molar-refractivity contribution >= 4 is 34.6 Å². The minimum Gasteiger partial charge on any atom is -0.367 e. The van der Waals surface area contributed by atoms with Gasteiger partial charge in [-0.15, -0.1) is 5.11 Å². The molecule has 0 heterocycles. The highest BCUT2D eigenvalue weighted by molar-refractivity contribution is 7.78. The fourth-order valence-electron chi connectivity index (χ4n) is 4.36. The summed E-state index contributed by atoms with van der Waals surface area (Å²) in [5.41, 5.74) is 4.37. The van der Waals surface area contributed by atoms with Crippen LogP contribution in [0.3, 0.4) is 0 Å². The summed E-state index contributed by atoms with van der Waals surface area (Å²) < 4.78 is 0. The van der Waals surface area contributed by atoms with Crippen LogP contribution >= 0.6 is 12.2 Å². The summed E-state index contributed by atoms with van der Waals surface area (Å²) in [6.45, 7) is 5.47. The molecular formula is C24H30N6S. The third kappa shape index (κ3) is 5.63. The van der Waals surface area contributed by atoms with Crippen LogP contribution in [0.2, 0.25) is 0 Å². The van der Waals surface area contributed by atoms with E-state index in [1.165, 1.54) is 32.1 Å². The Labute approximate surface area is 189 Å². The molecule has 1 saturated carbocycles. The van der Waals surface area contributed by atoms with Crippen LogP contribution in [-0.2, 0) is 0 Å². The number of nitrogens with zero attached hydrogens (tertiary/aromatic N) is 4. The van der Waals surface area contributed by atoms with Crippen molar-refractivity contribution in [3.8, 4) is 11.1 Å². The van der Waals surface area contributed by atoms with Gasteiger partial charge >= 0.3 is 0 Å². The summed E-state index contributed by atoms with van der Waals surface area (Å²) in [4.78, 5) is 6.94. The second kappa shape index (κ2) is 10.9. The molecule has 3 N–H and O–H groups in total. The Bertz CT molecular complexity index is 987. The number of aliphatic imine (C=N–C) groups is 1. The summed E-state index contributed by atoms with van der Waals surface area (Å²) in [7, 11) is 0. The first-order chi connectivity index (χ1) is 15.0. The number of thiocarbonyl (C=S) groups is 1. The molecular weight excluding hydrogens is 404 g/mol. The molecule has 0 aliphatic heterocycles. The molecule has 1 aliphatic rings. The van der Waals surface area contributed by atoms with Gasteiger partial charge in [-0.3, -0.25) is 5.41 Å². The van der Waals surface area contributed by atoms with E-state index in [-0.39, 0.29) is 5.84 Å². The SMILES string of the molecule is CC(C)CN(c1ccc(-c2ccccc2C(=N)N=NN)cc1N=C=S)C1CCCCC1. The van der Waals surface area contributed by atoms with E-state index >= 15 is 0 Å². The van der Waals surface area contributed by atoms with Gasteiger partial charge < -0.3 is 10.7 Å². The van der Waals surface area contributed by atoms with E-state index in [4.69, 9.17) is 23.5 Å². The van der Waals surface area contributed by atoms with Gasteiger partial charge in [0.2, 0.25) is 0 Å². The number of anilines is 1. The Morgan fingerprint density at radius 1 is 1.19 bits per heavy atom. The molecule has 7 heteroatoms. The number of benzene rings is 2. The molecule has 0 amide bonds. The smallest absolute Gasteiger partial charge is 0.176 e. The maximum Gasteiger partial charge on any atom is 0.176 e. The van der Waals surface area contributed by atoms with Gasteiger partial charge in [0, 0.05) is 18.2 Å². The molecule has 31 heavy (non-hydrogen) atoms. The van der Waals surface area contributed by atoms with Crippen LogP contribution < -0.4 is 10.7 Å². The van der Waals surface area contributed by atoms with Crippen LogP contribution in [0.25, 0.3) is 11.1 Å². The topological polar surface area (TPSA) is 90.2 Å². The van der Waals surface area contributed by atoms with Crippen molar-refractivity contribution in [3.05, 3.63) is 48.0 Å². The molecule has 2 aromatic rings. The molecule has 0 spiro atoms. The fourth-order valence-corrected chi connectivity index (χ4v) is 4.45. The number of rotatable bonds is 7. The lowest BCUT2D eigenvalue weighted by atomic mass is 9.92. The highest BCUT2D eigenvalue weighted by Gasteiger charge is 2.24. The first kappa shape index (κ1) is 22.8. The van der Waals surface area contributed by atoms with Crippen LogP contribution in [0.1, 0.15) is 51.5 Å². The zero-order valence-corrected chi connectivity index (χ0v) is 19.0. The predicted octanol–water partition coefficient (Wildman–Crippen LogP) is 6.53. The van der Waals surface area contributed by atoms with Gasteiger partial charge in [0.05, 0.1) is 16.5 Å². The molecule has 1 aliphatic carbocycles. The van der Waals surface area contributed by atoms with Gasteiger partial charge in [-0.1, -0.05) is 68.7 Å². The van der Waals surface area contributed by atoms with Gasteiger partial charge in [-0.25, -0.2) is 0 Å². The van der Waals surface area contributed by atoms with Crippen molar-refractivity contribution in [2.75, 3.05) is 11.4 Å². The van der Waals surface area contributed by atoms with Gasteiger partial charge in [0.25, 0.3) is 0 Å². The Hall–Kier alpha value is -2.89. The van der Waals surface area contributed by atoms with Crippen LogP contribution in [-0.4, -0.2) is 23.6 Å². The van der Waals surface area contributed by atoms with Crippen molar-refractivity contribution < 1.29 is 0 Å². The van der Waals surface area contributed by atoms with Crippen molar-refractivity contribution in [1.82, 2.24) is 0 Å². The van der Waals surface area contributed by atoms with E-state index in [9.17, 15) is 0 Å². The van der Waals surface area contributed by atoms with Crippen molar-refractivity contribution in [3.63, 3.8) is 0 Å². The third-order valence-corrected chi connectivity index (χ3v) is 5.77.